The molecule has 3 aromatic rings. The van der Waals surface area contributed by atoms with Crippen molar-refractivity contribution >= 4 is 29.2 Å². The lowest BCUT2D eigenvalue weighted by Gasteiger charge is -2.09. The molecular weight excluding hydrogens is 351 g/mol. The maximum atomic E-state index is 12.2. The number of rotatable bonds is 4. The second kappa shape index (κ2) is 7.03. The number of hydrogen-bond donors (Lipinski definition) is 0. The zero-order valence-electron chi connectivity index (χ0n) is 12.6. The molecule has 0 aliphatic heterocycles. The zero-order valence-corrected chi connectivity index (χ0v) is 14.1. The van der Waals surface area contributed by atoms with Gasteiger partial charge in [-0.25, -0.2) is 4.79 Å². The molecule has 0 saturated carbocycles. The third kappa shape index (κ3) is 3.75. The number of esters is 1. The lowest BCUT2D eigenvalue weighted by atomic mass is 10.2. The predicted octanol–water partition coefficient (Wildman–Crippen LogP) is 4.96. The average Bonchev–Trinajstić information content (AvgIpc) is 3.05. The van der Waals surface area contributed by atoms with Crippen molar-refractivity contribution in [2.75, 3.05) is 0 Å². The number of halogens is 2. The predicted molar refractivity (Wildman–Crippen MR) is 90.0 cm³/mol. The first-order chi connectivity index (χ1) is 11.5. The van der Waals surface area contributed by atoms with Crippen molar-refractivity contribution < 1.29 is 13.9 Å². The van der Waals surface area contributed by atoms with Crippen LogP contribution in [0.2, 0.25) is 10.0 Å². The molecule has 0 amide bonds. The summed E-state index contributed by atoms with van der Waals surface area (Å²) < 4.78 is 10.9. The standard InChI is InChI=1S/C17H12Cl2N2O3/c1-10(23-17(22)12-7-13(18)9-14(19)8-12)15-20-21-16(24-15)11-5-3-2-4-6-11/h2-10H,1H3/t10-/m0/s1. The highest BCUT2D eigenvalue weighted by atomic mass is 35.5. The number of nitrogens with zero attached hydrogens (tertiary/aromatic N) is 2. The molecular formula is C17H12Cl2N2O3. The van der Waals surface area contributed by atoms with E-state index in [1.165, 1.54) is 18.2 Å². The van der Waals surface area contributed by atoms with E-state index < -0.39 is 12.1 Å². The van der Waals surface area contributed by atoms with E-state index in [1.807, 2.05) is 30.3 Å². The van der Waals surface area contributed by atoms with Crippen LogP contribution in [0.4, 0.5) is 0 Å². The minimum Gasteiger partial charge on any atom is -0.449 e. The Morgan fingerprint density at radius 1 is 1.08 bits per heavy atom. The van der Waals surface area contributed by atoms with E-state index in [0.717, 1.165) is 5.56 Å². The highest BCUT2D eigenvalue weighted by Gasteiger charge is 2.20. The minimum atomic E-state index is -0.708. The summed E-state index contributed by atoms with van der Waals surface area (Å²) in [6, 6.07) is 13.8. The van der Waals surface area contributed by atoms with Crippen molar-refractivity contribution in [1.29, 1.82) is 0 Å². The number of benzene rings is 2. The first-order valence-electron chi connectivity index (χ1n) is 7.09. The Kier molecular flexibility index (Phi) is 4.83. The van der Waals surface area contributed by atoms with Gasteiger partial charge < -0.3 is 9.15 Å². The maximum Gasteiger partial charge on any atom is 0.339 e. The Morgan fingerprint density at radius 3 is 2.42 bits per heavy atom. The van der Waals surface area contributed by atoms with Crippen molar-refractivity contribution in [2.45, 2.75) is 13.0 Å². The van der Waals surface area contributed by atoms with Crippen LogP contribution in [0.3, 0.4) is 0 Å². The number of hydrogen-bond acceptors (Lipinski definition) is 5. The van der Waals surface area contributed by atoms with Crippen LogP contribution in [0, 0.1) is 0 Å². The van der Waals surface area contributed by atoms with Crippen LogP contribution < -0.4 is 0 Å². The van der Waals surface area contributed by atoms with Crippen molar-refractivity contribution in [3.05, 3.63) is 70.0 Å². The van der Waals surface area contributed by atoms with Gasteiger partial charge in [0, 0.05) is 15.6 Å². The quantitative estimate of drug-likeness (QED) is 0.613. The number of ether oxygens (including phenoxy) is 1. The molecule has 0 bridgehead atoms. The van der Waals surface area contributed by atoms with Gasteiger partial charge in [-0.2, -0.15) is 0 Å². The van der Waals surface area contributed by atoms with Gasteiger partial charge in [0.2, 0.25) is 5.89 Å². The number of carbonyl (C=O) groups is 1. The Balaban J connectivity index is 1.74. The van der Waals surface area contributed by atoms with Gasteiger partial charge in [-0.1, -0.05) is 41.4 Å². The summed E-state index contributed by atoms with van der Waals surface area (Å²) >= 11 is 11.8. The summed E-state index contributed by atoms with van der Waals surface area (Å²) in [6.45, 7) is 1.65. The van der Waals surface area contributed by atoms with Gasteiger partial charge in [0.05, 0.1) is 5.56 Å². The molecule has 0 unspecified atom stereocenters. The number of carbonyl (C=O) groups excluding carboxylic acids is 1. The van der Waals surface area contributed by atoms with Gasteiger partial charge in [-0.15, -0.1) is 10.2 Å². The molecule has 0 aliphatic carbocycles. The van der Waals surface area contributed by atoms with E-state index >= 15 is 0 Å². The molecule has 5 nitrogen and oxygen atoms in total. The summed E-state index contributed by atoms with van der Waals surface area (Å²) in [5.41, 5.74) is 1.04. The normalized spacial score (nSPS) is 12.0. The van der Waals surface area contributed by atoms with Gasteiger partial charge in [0.25, 0.3) is 5.89 Å². The average molecular weight is 363 g/mol. The third-order valence-corrected chi connectivity index (χ3v) is 3.63. The van der Waals surface area contributed by atoms with Crippen LogP contribution in [0.25, 0.3) is 11.5 Å². The molecule has 24 heavy (non-hydrogen) atoms. The smallest absolute Gasteiger partial charge is 0.339 e. The monoisotopic (exact) mass is 362 g/mol. The molecule has 0 spiro atoms. The molecule has 3 rings (SSSR count). The van der Waals surface area contributed by atoms with Gasteiger partial charge in [0.1, 0.15) is 0 Å². The molecule has 122 valence electrons. The summed E-state index contributed by atoms with van der Waals surface area (Å²) in [6.07, 6.45) is -0.708. The fraction of sp³-hybridized carbons (Fsp3) is 0.118. The van der Waals surface area contributed by atoms with E-state index in [1.54, 1.807) is 6.92 Å². The zero-order chi connectivity index (χ0) is 17.1. The van der Waals surface area contributed by atoms with E-state index in [9.17, 15) is 4.79 Å². The fourth-order valence-electron chi connectivity index (χ4n) is 2.05. The van der Waals surface area contributed by atoms with Crippen LogP contribution in [0.5, 0.6) is 0 Å². The van der Waals surface area contributed by atoms with Crippen LogP contribution in [-0.4, -0.2) is 16.2 Å². The molecule has 7 heteroatoms. The summed E-state index contributed by atoms with van der Waals surface area (Å²) in [7, 11) is 0. The topological polar surface area (TPSA) is 65.2 Å². The molecule has 0 radical (unpaired) electrons. The first kappa shape index (κ1) is 16.5. The molecule has 0 saturated heterocycles. The SMILES string of the molecule is C[C@H](OC(=O)c1cc(Cl)cc(Cl)c1)c1nnc(-c2ccccc2)o1. The Bertz CT molecular complexity index is 845. The molecule has 0 fully saturated rings. The highest BCUT2D eigenvalue weighted by molar-refractivity contribution is 6.35. The first-order valence-corrected chi connectivity index (χ1v) is 7.84. The van der Waals surface area contributed by atoms with Crippen molar-refractivity contribution in [2.24, 2.45) is 0 Å². The van der Waals surface area contributed by atoms with Gasteiger partial charge >= 0.3 is 5.97 Å². The van der Waals surface area contributed by atoms with Gasteiger partial charge in [-0.3, -0.25) is 0 Å². The van der Waals surface area contributed by atoms with Crippen molar-refractivity contribution in [1.82, 2.24) is 10.2 Å². The second-order valence-electron chi connectivity index (χ2n) is 5.02. The van der Waals surface area contributed by atoms with E-state index in [0.29, 0.717) is 15.9 Å². The molecule has 2 aromatic carbocycles. The molecule has 1 atom stereocenters. The summed E-state index contributed by atoms with van der Waals surface area (Å²) in [5, 5.41) is 8.60. The Labute approximate surface area is 148 Å². The molecule has 0 N–H and O–H groups in total. The van der Waals surface area contributed by atoms with Crippen molar-refractivity contribution in [3.8, 4) is 11.5 Å². The molecule has 1 aromatic heterocycles. The summed E-state index contributed by atoms with van der Waals surface area (Å²) in [5.74, 6) is -0.0130. The lowest BCUT2D eigenvalue weighted by molar-refractivity contribution is 0.0280. The third-order valence-electron chi connectivity index (χ3n) is 3.19. The van der Waals surface area contributed by atoms with Gasteiger partial charge in [-0.05, 0) is 37.3 Å². The summed E-state index contributed by atoms with van der Waals surface area (Å²) in [4.78, 5) is 12.2. The van der Waals surface area contributed by atoms with E-state index in [-0.39, 0.29) is 11.5 Å². The van der Waals surface area contributed by atoms with Crippen LogP contribution in [-0.2, 0) is 4.74 Å². The fourth-order valence-corrected chi connectivity index (χ4v) is 2.57. The maximum absolute atomic E-state index is 12.2. The van der Waals surface area contributed by atoms with Gasteiger partial charge in [0.15, 0.2) is 6.10 Å². The number of aromatic nitrogens is 2. The lowest BCUT2D eigenvalue weighted by Crippen LogP contribution is -2.09. The molecule has 0 aliphatic rings. The highest BCUT2D eigenvalue weighted by Crippen LogP contribution is 2.24. The Morgan fingerprint density at radius 2 is 1.75 bits per heavy atom. The van der Waals surface area contributed by atoms with E-state index in [4.69, 9.17) is 32.4 Å². The second-order valence-corrected chi connectivity index (χ2v) is 5.89. The van der Waals surface area contributed by atoms with Crippen LogP contribution >= 0.6 is 23.2 Å². The van der Waals surface area contributed by atoms with Crippen LogP contribution in [0.1, 0.15) is 29.3 Å². The van der Waals surface area contributed by atoms with Crippen molar-refractivity contribution in [3.63, 3.8) is 0 Å². The van der Waals surface area contributed by atoms with E-state index in [2.05, 4.69) is 10.2 Å². The minimum absolute atomic E-state index is 0.204. The Hall–Kier alpha value is -2.37. The van der Waals surface area contributed by atoms with Crippen LogP contribution in [0.15, 0.2) is 52.9 Å². The largest absolute Gasteiger partial charge is 0.449 e. The molecule has 1 heterocycles.